The lowest BCUT2D eigenvalue weighted by atomic mass is 9.96. The van der Waals surface area contributed by atoms with Crippen molar-refractivity contribution in [3.8, 4) is 0 Å². The van der Waals surface area contributed by atoms with Crippen molar-refractivity contribution < 1.29 is 4.79 Å². The normalized spacial score (nSPS) is 16.1. The van der Waals surface area contributed by atoms with Crippen LogP contribution >= 0.6 is 0 Å². The number of hydrogen-bond donors (Lipinski definition) is 2. The smallest absolute Gasteiger partial charge is 0.225 e. The maximum absolute atomic E-state index is 12.6. The molecule has 3 N–H and O–H groups in total. The zero-order valence-electron chi connectivity index (χ0n) is 12.1. The van der Waals surface area contributed by atoms with Gasteiger partial charge in [0.25, 0.3) is 0 Å². The Bertz CT molecular complexity index is 401. The largest absolute Gasteiger partial charge is 0.341 e. The first-order valence-electron chi connectivity index (χ1n) is 7.54. The number of nitrogens with zero attached hydrogens (tertiary/aromatic N) is 1. The molecule has 1 heterocycles. The van der Waals surface area contributed by atoms with Crippen molar-refractivity contribution in [1.82, 2.24) is 10.2 Å². The van der Waals surface area contributed by atoms with E-state index in [0.29, 0.717) is 13.1 Å². The fraction of sp³-hybridized carbons (Fsp3) is 0.562. The summed E-state index contributed by atoms with van der Waals surface area (Å²) in [5.41, 5.74) is 6.93. The summed E-state index contributed by atoms with van der Waals surface area (Å²) >= 11 is 0. The van der Waals surface area contributed by atoms with Crippen LogP contribution in [0.25, 0.3) is 0 Å². The Balaban J connectivity index is 1.90. The molecule has 1 fully saturated rings. The van der Waals surface area contributed by atoms with Crippen molar-refractivity contribution in [2.24, 2.45) is 11.7 Å². The van der Waals surface area contributed by atoms with Crippen molar-refractivity contribution >= 4 is 5.91 Å². The van der Waals surface area contributed by atoms with E-state index in [4.69, 9.17) is 5.73 Å². The molecule has 0 spiro atoms. The van der Waals surface area contributed by atoms with Gasteiger partial charge in [0.05, 0.1) is 0 Å². The van der Waals surface area contributed by atoms with Crippen LogP contribution in [0.2, 0.25) is 0 Å². The summed E-state index contributed by atoms with van der Waals surface area (Å²) in [5, 5.41) is 3.30. The number of amides is 1. The molecule has 4 heteroatoms. The van der Waals surface area contributed by atoms with Gasteiger partial charge >= 0.3 is 0 Å². The van der Waals surface area contributed by atoms with Gasteiger partial charge in [0, 0.05) is 25.6 Å². The number of hydrogen-bond acceptors (Lipinski definition) is 3. The van der Waals surface area contributed by atoms with Crippen LogP contribution < -0.4 is 11.1 Å². The standard InChI is InChI=1S/C16H25N3O/c17-9-13-19(12-8-14-4-2-1-3-5-14)16(20)15-6-10-18-11-7-15/h1-5,15,18H,6-13,17H2. The second-order valence-corrected chi connectivity index (χ2v) is 5.37. The minimum atomic E-state index is 0.179. The Hall–Kier alpha value is -1.39. The predicted octanol–water partition coefficient (Wildman–Crippen LogP) is 1.02. The average molecular weight is 275 g/mol. The fourth-order valence-electron chi connectivity index (χ4n) is 2.72. The molecule has 0 aliphatic carbocycles. The van der Waals surface area contributed by atoms with Crippen molar-refractivity contribution in [1.29, 1.82) is 0 Å². The maximum atomic E-state index is 12.6. The molecule has 4 nitrogen and oxygen atoms in total. The third-order valence-electron chi connectivity index (χ3n) is 3.91. The van der Waals surface area contributed by atoms with Crippen LogP contribution in [-0.2, 0) is 11.2 Å². The van der Waals surface area contributed by atoms with Gasteiger partial charge in [-0.15, -0.1) is 0 Å². The van der Waals surface area contributed by atoms with Crippen molar-refractivity contribution in [2.75, 3.05) is 32.7 Å². The van der Waals surface area contributed by atoms with Crippen LogP contribution in [0, 0.1) is 5.92 Å². The van der Waals surface area contributed by atoms with Crippen LogP contribution in [0.4, 0.5) is 0 Å². The lowest BCUT2D eigenvalue weighted by Gasteiger charge is -2.29. The molecular weight excluding hydrogens is 250 g/mol. The third-order valence-corrected chi connectivity index (χ3v) is 3.91. The second kappa shape index (κ2) is 8.02. The van der Waals surface area contributed by atoms with Gasteiger partial charge in [-0.1, -0.05) is 30.3 Å². The van der Waals surface area contributed by atoms with Gasteiger partial charge in [0.2, 0.25) is 5.91 Å². The molecule has 1 aromatic rings. The summed E-state index contributed by atoms with van der Waals surface area (Å²) in [4.78, 5) is 14.5. The minimum Gasteiger partial charge on any atom is -0.341 e. The van der Waals surface area contributed by atoms with Gasteiger partial charge in [0.1, 0.15) is 0 Å². The molecule has 0 saturated carbocycles. The molecular formula is C16H25N3O. The first-order valence-corrected chi connectivity index (χ1v) is 7.54. The molecule has 1 aliphatic rings. The van der Waals surface area contributed by atoms with Crippen LogP contribution in [0.15, 0.2) is 30.3 Å². The Morgan fingerprint density at radius 2 is 1.90 bits per heavy atom. The lowest BCUT2D eigenvalue weighted by molar-refractivity contribution is -0.136. The number of carbonyl (C=O) groups excluding carboxylic acids is 1. The fourth-order valence-corrected chi connectivity index (χ4v) is 2.72. The van der Waals surface area contributed by atoms with Crippen LogP contribution in [0.5, 0.6) is 0 Å². The van der Waals surface area contributed by atoms with E-state index >= 15 is 0 Å². The average Bonchev–Trinajstić information content (AvgIpc) is 2.52. The van der Waals surface area contributed by atoms with Crippen molar-refractivity contribution in [2.45, 2.75) is 19.3 Å². The molecule has 2 rings (SSSR count). The molecule has 1 saturated heterocycles. The van der Waals surface area contributed by atoms with Crippen LogP contribution in [-0.4, -0.2) is 43.5 Å². The number of carbonyl (C=O) groups is 1. The molecule has 1 aromatic carbocycles. The highest BCUT2D eigenvalue weighted by molar-refractivity contribution is 5.79. The molecule has 0 atom stereocenters. The van der Waals surface area contributed by atoms with Crippen molar-refractivity contribution in [3.05, 3.63) is 35.9 Å². The molecule has 1 amide bonds. The SMILES string of the molecule is NCCN(CCc1ccccc1)C(=O)C1CCNCC1. The third kappa shape index (κ3) is 4.32. The van der Waals surface area contributed by atoms with E-state index in [1.165, 1.54) is 5.56 Å². The first kappa shape index (κ1) is 15.0. The van der Waals surface area contributed by atoms with Gasteiger partial charge in [-0.05, 0) is 37.9 Å². The topological polar surface area (TPSA) is 58.4 Å². The van der Waals surface area contributed by atoms with Gasteiger partial charge in [0.15, 0.2) is 0 Å². The second-order valence-electron chi connectivity index (χ2n) is 5.37. The number of piperidine rings is 1. The van der Waals surface area contributed by atoms with E-state index in [2.05, 4.69) is 17.4 Å². The quantitative estimate of drug-likeness (QED) is 0.815. The van der Waals surface area contributed by atoms with E-state index < -0.39 is 0 Å². The molecule has 20 heavy (non-hydrogen) atoms. The van der Waals surface area contributed by atoms with Gasteiger partial charge < -0.3 is 16.0 Å². The molecule has 0 bridgehead atoms. The molecule has 110 valence electrons. The number of rotatable bonds is 6. The highest BCUT2D eigenvalue weighted by atomic mass is 16.2. The van der Waals surface area contributed by atoms with Crippen LogP contribution in [0.1, 0.15) is 18.4 Å². The number of nitrogens with one attached hydrogen (secondary N) is 1. The lowest BCUT2D eigenvalue weighted by Crippen LogP contribution is -2.43. The van der Waals surface area contributed by atoms with Gasteiger partial charge in [-0.2, -0.15) is 0 Å². The number of nitrogens with two attached hydrogens (primary N) is 1. The summed E-state index contributed by atoms with van der Waals surface area (Å²) in [6, 6.07) is 10.3. The summed E-state index contributed by atoms with van der Waals surface area (Å²) in [7, 11) is 0. The van der Waals surface area contributed by atoms with Gasteiger partial charge in [-0.25, -0.2) is 0 Å². The molecule has 0 radical (unpaired) electrons. The highest BCUT2D eigenvalue weighted by Gasteiger charge is 2.25. The Morgan fingerprint density at radius 3 is 2.55 bits per heavy atom. The highest BCUT2D eigenvalue weighted by Crippen LogP contribution is 2.15. The first-order chi connectivity index (χ1) is 9.81. The predicted molar refractivity (Wildman–Crippen MR) is 81.4 cm³/mol. The van der Waals surface area contributed by atoms with E-state index in [1.54, 1.807) is 0 Å². The van der Waals surface area contributed by atoms with E-state index in [1.807, 2.05) is 23.1 Å². The van der Waals surface area contributed by atoms with Gasteiger partial charge in [-0.3, -0.25) is 4.79 Å². The number of benzene rings is 1. The van der Waals surface area contributed by atoms with E-state index in [9.17, 15) is 4.79 Å². The Morgan fingerprint density at radius 1 is 1.20 bits per heavy atom. The zero-order valence-corrected chi connectivity index (χ0v) is 12.1. The summed E-state index contributed by atoms with van der Waals surface area (Å²) in [6.07, 6.45) is 2.80. The maximum Gasteiger partial charge on any atom is 0.225 e. The summed E-state index contributed by atoms with van der Waals surface area (Å²) in [5.74, 6) is 0.464. The van der Waals surface area contributed by atoms with E-state index in [-0.39, 0.29) is 11.8 Å². The summed E-state index contributed by atoms with van der Waals surface area (Å²) in [6.45, 7) is 3.86. The summed E-state index contributed by atoms with van der Waals surface area (Å²) < 4.78 is 0. The monoisotopic (exact) mass is 275 g/mol. The Labute approximate surface area is 121 Å². The molecule has 1 aliphatic heterocycles. The van der Waals surface area contributed by atoms with E-state index in [0.717, 1.165) is 38.9 Å². The molecule has 0 aromatic heterocycles. The minimum absolute atomic E-state index is 0.179. The zero-order chi connectivity index (χ0) is 14.2. The molecule has 0 unspecified atom stereocenters. The Kier molecular flexibility index (Phi) is 6.02. The van der Waals surface area contributed by atoms with Crippen LogP contribution in [0.3, 0.4) is 0 Å². The van der Waals surface area contributed by atoms with Crippen molar-refractivity contribution in [3.63, 3.8) is 0 Å².